The van der Waals surface area contributed by atoms with Gasteiger partial charge in [-0.05, 0) is 31.6 Å². The van der Waals surface area contributed by atoms with Gasteiger partial charge in [-0.1, -0.05) is 97.8 Å². The molecule has 0 N–H and O–H groups in total. The lowest BCUT2D eigenvalue weighted by Crippen LogP contribution is -2.10. The summed E-state index contributed by atoms with van der Waals surface area (Å²) < 4.78 is 30.2. The molecule has 182 valence electrons. The Morgan fingerprint density at radius 3 is 1.77 bits per heavy atom. The molecule has 0 aromatic rings. The fraction of sp³-hybridized carbons (Fsp3) is 1.00. The highest BCUT2D eigenvalue weighted by molar-refractivity contribution is 7.53. The lowest BCUT2D eigenvalue weighted by Gasteiger charge is -2.21. The van der Waals surface area contributed by atoms with E-state index < -0.39 is 7.60 Å². The van der Waals surface area contributed by atoms with Crippen molar-refractivity contribution in [2.45, 2.75) is 124 Å². The van der Waals surface area contributed by atoms with Crippen LogP contribution in [-0.2, 0) is 18.3 Å². The van der Waals surface area contributed by atoms with Crippen molar-refractivity contribution in [3.63, 3.8) is 0 Å². The molecule has 0 spiro atoms. The Labute approximate surface area is 188 Å². The summed E-state index contributed by atoms with van der Waals surface area (Å²) in [6.07, 6.45) is 19.5. The third-order valence-corrected chi connectivity index (χ3v) is 7.85. The predicted octanol–water partition coefficient (Wildman–Crippen LogP) is 8.78. The van der Waals surface area contributed by atoms with Gasteiger partial charge in [0.1, 0.15) is 0 Å². The van der Waals surface area contributed by atoms with Crippen molar-refractivity contribution in [3.05, 3.63) is 0 Å². The van der Waals surface area contributed by atoms with Crippen LogP contribution < -0.4 is 0 Å². The summed E-state index contributed by atoms with van der Waals surface area (Å²) in [7, 11) is -1.19. The topological polar surface area (TPSA) is 44.8 Å². The van der Waals surface area contributed by atoms with Gasteiger partial charge in [0.25, 0.3) is 0 Å². The van der Waals surface area contributed by atoms with Crippen LogP contribution in [0, 0.1) is 5.92 Å². The van der Waals surface area contributed by atoms with E-state index in [4.69, 9.17) is 13.8 Å². The highest BCUT2D eigenvalue weighted by atomic mass is 31.2. The molecule has 0 amide bonds. The number of methoxy groups -OCH3 is 1. The first-order valence-electron chi connectivity index (χ1n) is 13.0. The number of rotatable bonds is 24. The van der Waals surface area contributed by atoms with Crippen LogP contribution in [0.3, 0.4) is 0 Å². The molecular formula is C25H53O4P. The van der Waals surface area contributed by atoms with Crippen LogP contribution in [-0.4, -0.2) is 33.1 Å². The largest absolute Gasteiger partial charge is 0.385 e. The summed E-state index contributed by atoms with van der Waals surface area (Å²) in [6.45, 7) is 8.52. The predicted molar refractivity (Wildman–Crippen MR) is 131 cm³/mol. The highest BCUT2D eigenvalue weighted by Crippen LogP contribution is 2.49. The minimum atomic E-state index is -2.95. The van der Waals surface area contributed by atoms with Gasteiger partial charge in [0, 0.05) is 13.7 Å². The molecule has 5 heteroatoms. The standard InChI is InChI=1S/C25H53O4P/c1-5-8-11-13-14-15-17-21-28-30(26,24-10-7-3)29-23-20-25(19-22-27-4)18-16-12-9-6-2/h25H,5-24H2,1-4H3. The maximum Gasteiger partial charge on any atom is 0.330 e. The van der Waals surface area contributed by atoms with E-state index in [-0.39, 0.29) is 0 Å². The van der Waals surface area contributed by atoms with E-state index in [9.17, 15) is 4.57 Å². The molecule has 0 saturated heterocycles. The lowest BCUT2D eigenvalue weighted by atomic mass is 9.95. The second kappa shape index (κ2) is 22.3. The molecule has 30 heavy (non-hydrogen) atoms. The van der Waals surface area contributed by atoms with Crippen molar-refractivity contribution in [1.82, 2.24) is 0 Å². The third kappa shape index (κ3) is 18.8. The zero-order valence-corrected chi connectivity index (χ0v) is 21.7. The second-order valence-corrected chi connectivity index (χ2v) is 10.9. The minimum Gasteiger partial charge on any atom is -0.385 e. The van der Waals surface area contributed by atoms with E-state index in [1.807, 2.05) is 0 Å². The summed E-state index contributed by atoms with van der Waals surface area (Å²) in [5.41, 5.74) is 0. The van der Waals surface area contributed by atoms with Crippen LogP contribution in [0.5, 0.6) is 0 Å². The Balaban J connectivity index is 4.26. The van der Waals surface area contributed by atoms with Crippen molar-refractivity contribution in [3.8, 4) is 0 Å². The molecule has 0 radical (unpaired) electrons. The van der Waals surface area contributed by atoms with Gasteiger partial charge in [-0.15, -0.1) is 0 Å². The van der Waals surface area contributed by atoms with Crippen LogP contribution >= 0.6 is 7.60 Å². The van der Waals surface area contributed by atoms with E-state index in [1.54, 1.807) is 7.11 Å². The summed E-state index contributed by atoms with van der Waals surface area (Å²) in [5.74, 6) is 0.588. The van der Waals surface area contributed by atoms with Crippen molar-refractivity contribution in [2.24, 2.45) is 5.92 Å². The van der Waals surface area contributed by atoms with Crippen molar-refractivity contribution < 1.29 is 18.3 Å². The van der Waals surface area contributed by atoms with Crippen LogP contribution in [0.4, 0.5) is 0 Å². The number of hydrogen-bond acceptors (Lipinski definition) is 4. The first-order chi connectivity index (χ1) is 14.6. The van der Waals surface area contributed by atoms with Crippen LogP contribution in [0.1, 0.15) is 124 Å². The van der Waals surface area contributed by atoms with Gasteiger partial charge >= 0.3 is 7.60 Å². The molecular weight excluding hydrogens is 395 g/mol. The van der Waals surface area contributed by atoms with Gasteiger partial charge in [0.05, 0.1) is 19.4 Å². The summed E-state index contributed by atoms with van der Waals surface area (Å²) in [5, 5.41) is 0. The normalized spacial score (nSPS) is 14.7. The van der Waals surface area contributed by atoms with Gasteiger partial charge in [-0.3, -0.25) is 4.57 Å². The lowest BCUT2D eigenvalue weighted by molar-refractivity contribution is 0.155. The summed E-state index contributed by atoms with van der Waals surface area (Å²) in [6, 6.07) is 0. The average Bonchev–Trinajstić information content (AvgIpc) is 2.75. The summed E-state index contributed by atoms with van der Waals surface area (Å²) >= 11 is 0. The Hall–Kier alpha value is 0.110. The van der Waals surface area contributed by atoms with Crippen molar-refractivity contribution in [1.29, 1.82) is 0 Å². The summed E-state index contributed by atoms with van der Waals surface area (Å²) in [4.78, 5) is 0. The minimum absolute atomic E-state index is 0.542. The van der Waals surface area contributed by atoms with Gasteiger partial charge < -0.3 is 13.8 Å². The number of ether oxygens (including phenoxy) is 1. The zero-order valence-electron chi connectivity index (χ0n) is 20.8. The van der Waals surface area contributed by atoms with Crippen molar-refractivity contribution in [2.75, 3.05) is 33.1 Å². The molecule has 0 aliphatic heterocycles. The van der Waals surface area contributed by atoms with E-state index in [1.165, 1.54) is 64.2 Å². The van der Waals surface area contributed by atoms with E-state index >= 15 is 0 Å². The molecule has 0 aromatic heterocycles. The maximum absolute atomic E-state index is 13.2. The van der Waals surface area contributed by atoms with E-state index in [0.717, 1.165) is 45.1 Å². The molecule has 2 atom stereocenters. The molecule has 0 aliphatic carbocycles. The molecule has 0 saturated carbocycles. The quantitative estimate of drug-likeness (QED) is 0.109. The smallest absolute Gasteiger partial charge is 0.330 e. The molecule has 0 aromatic carbocycles. The fourth-order valence-corrected chi connectivity index (χ4v) is 5.54. The molecule has 4 nitrogen and oxygen atoms in total. The Kier molecular flexibility index (Phi) is 22.4. The van der Waals surface area contributed by atoms with Gasteiger partial charge in [-0.2, -0.15) is 0 Å². The van der Waals surface area contributed by atoms with Gasteiger partial charge in [0.2, 0.25) is 0 Å². The van der Waals surface area contributed by atoms with Crippen LogP contribution in [0.25, 0.3) is 0 Å². The number of hydrogen-bond donors (Lipinski definition) is 0. The van der Waals surface area contributed by atoms with Crippen molar-refractivity contribution >= 4 is 7.60 Å². The average molecular weight is 449 g/mol. The monoisotopic (exact) mass is 448 g/mol. The molecule has 2 unspecified atom stereocenters. The SMILES string of the molecule is CCCCCCCCCOP(=O)(CCCC)OCCC(CCCCCC)CCOC. The Morgan fingerprint density at radius 1 is 0.600 bits per heavy atom. The van der Waals surface area contributed by atoms with Gasteiger partial charge in [0.15, 0.2) is 0 Å². The van der Waals surface area contributed by atoms with E-state index in [2.05, 4.69) is 20.8 Å². The van der Waals surface area contributed by atoms with Gasteiger partial charge in [-0.25, -0.2) is 0 Å². The third-order valence-electron chi connectivity index (χ3n) is 5.83. The molecule has 0 aliphatic rings. The Bertz CT molecular complexity index is 389. The van der Waals surface area contributed by atoms with Crippen LogP contribution in [0.2, 0.25) is 0 Å². The zero-order chi connectivity index (χ0) is 22.3. The molecule has 0 bridgehead atoms. The first kappa shape index (κ1) is 30.1. The molecule has 0 rings (SSSR count). The number of unbranched alkanes of at least 4 members (excludes halogenated alkanes) is 10. The molecule has 0 heterocycles. The van der Waals surface area contributed by atoms with Crippen LogP contribution in [0.15, 0.2) is 0 Å². The maximum atomic E-state index is 13.2. The second-order valence-electron chi connectivity index (χ2n) is 8.76. The first-order valence-corrected chi connectivity index (χ1v) is 14.7. The fourth-order valence-electron chi connectivity index (χ4n) is 3.72. The highest BCUT2D eigenvalue weighted by Gasteiger charge is 2.24. The van der Waals surface area contributed by atoms with E-state index in [0.29, 0.717) is 25.3 Å². The molecule has 0 fully saturated rings. The Morgan fingerprint density at radius 2 is 1.13 bits per heavy atom.